The number of rotatable bonds is 7. The van der Waals surface area contributed by atoms with Crippen LogP contribution in [-0.4, -0.2) is 46.1 Å². The molecule has 2 aromatic rings. The van der Waals surface area contributed by atoms with Crippen LogP contribution < -0.4 is 5.32 Å². The predicted octanol–water partition coefficient (Wildman–Crippen LogP) is 2.96. The molecule has 0 atom stereocenters. The number of para-hydroxylation sites is 1. The highest BCUT2D eigenvalue weighted by Crippen LogP contribution is 2.16. The molecule has 0 radical (unpaired) electrons. The molecule has 1 saturated heterocycles. The predicted molar refractivity (Wildman–Crippen MR) is 105 cm³/mol. The van der Waals surface area contributed by atoms with Crippen LogP contribution in [0.4, 0.5) is 0 Å². The maximum atomic E-state index is 12.6. The van der Waals surface area contributed by atoms with Gasteiger partial charge in [0.25, 0.3) is 5.91 Å². The Morgan fingerprint density at radius 1 is 1.19 bits per heavy atom. The molecular formula is C21H28N4O2. The van der Waals surface area contributed by atoms with E-state index in [9.17, 15) is 9.59 Å². The molecule has 6 heteroatoms. The minimum Gasteiger partial charge on any atom is -0.352 e. The number of nitrogens with one attached hydrogen (secondary N) is 1. The second-order valence-corrected chi connectivity index (χ2v) is 6.91. The van der Waals surface area contributed by atoms with Gasteiger partial charge in [0, 0.05) is 26.1 Å². The number of nitrogens with zero attached hydrogens (tertiary/aromatic N) is 3. The maximum absolute atomic E-state index is 12.6. The molecule has 1 aliphatic heterocycles. The Hall–Kier alpha value is -2.63. The number of aromatic nitrogens is 2. The Morgan fingerprint density at radius 2 is 2.00 bits per heavy atom. The van der Waals surface area contributed by atoms with Crippen LogP contribution in [0, 0.1) is 0 Å². The summed E-state index contributed by atoms with van der Waals surface area (Å²) < 4.78 is 1.82. The summed E-state index contributed by atoms with van der Waals surface area (Å²) in [6.07, 6.45) is 6.99. The van der Waals surface area contributed by atoms with E-state index < -0.39 is 0 Å². The van der Waals surface area contributed by atoms with Crippen molar-refractivity contribution in [3.63, 3.8) is 0 Å². The third-order valence-corrected chi connectivity index (χ3v) is 5.01. The molecule has 0 unspecified atom stereocenters. The molecule has 144 valence electrons. The monoisotopic (exact) mass is 368 g/mol. The smallest absolute Gasteiger partial charge is 0.254 e. The van der Waals surface area contributed by atoms with Gasteiger partial charge in [-0.15, -0.1) is 0 Å². The first-order chi connectivity index (χ1) is 13.2. The van der Waals surface area contributed by atoms with E-state index >= 15 is 0 Å². The zero-order valence-corrected chi connectivity index (χ0v) is 16.0. The van der Waals surface area contributed by atoms with Crippen molar-refractivity contribution in [2.24, 2.45) is 0 Å². The third-order valence-electron chi connectivity index (χ3n) is 5.01. The number of carbonyl (C=O) groups excluding carboxylic acids is 2. The van der Waals surface area contributed by atoms with Crippen molar-refractivity contribution >= 4 is 11.8 Å². The molecule has 1 aliphatic rings. The van der Waals surface area contributed by atoms with Gasteiger partial charge < -0.3 is 10.2 Å². The topological polar surface area (TPSA) is 67.2 Å². The summed E-state index contributed by atoms with van der Waals surface area (Å²) in [6, 6.07) is 9.83. The van der Waals surface area contributed by atoms with Gasteiger partial charge in [0.05, 0.1) is 23.1 Å². The van der Waals surface area contributed by atoms with Crippen LogP contribution in [0.2, 0.25) is 0 Å². The minimum atomic E-state index is -0.101. The average Bonchev–Trinajstić information content (AvgIpc) is 3.03. The molecule has 1 N–H and O–H groups in total. The fraction of sp³-hybridized carbons (Fsp3) is 0.476. The van der Waals surface area contributed by atoms with E-state index in [4.69, 9.17) is 0 Å². The van der Waals surface area contributed by atoms with Crippen LogP contribution in [0.1, 0.15) is 55.1 Å². The highest BCUT2D eigenvalue weighted by molar-refractivity contribution is 5.95. The van der Waals surface area contributed by atoms with Gasteiger partial charge in [0.2, 0.25) is 5.91 Å². The Labute approximate surface area is 160 Å². The average molecular weight is 368 g/mol. The summed E-state index contributed by atoms with van der Waals surface area (Å²) in [5, 5.41) is 7.38. The van der Waals surface area contributed by atoms with E-state index in [1.807, 2.05) is 46.8 Å². The van der Waals surface area contributed by atoms with E-state index in [2.05, 4.69) is 10.4 Å². The minimum absolute atomic E-state index is 0.101. The molecule has 6 nitrogen and oxygen atoms in total. The SMILES string of the molecule is CCc1c(C(=O)NCCCN2CCCCCC2=O)cnn1-c1ccccc1. The van der Waals surface area contributed by atoms with Gasteiger partial charge in [0.1, 0.15) is 0 Å². The number of likely N-dealkylation sites (tertiary alicyclic amines) is 1. The lowest BCUT2D eigenvalue weighted by Crippen LogP contribution is -2.34. The molecule has 2 amide bonds. The van der Waals surface area contributed by atoms with E-state index in [1.54, 1.807) is 6.20 Å². The van der Waals surface area contributed by atoms with Crippen molar-refractivity contribution in [2.75, 3.05) is 19.6 Å². The van der Waals surface area contributed by atoms with E-state index in [-0.39, 0.29) is 11.8 Å². The molecule has 3 rings (SSSR count). The summed E-state index contributed by atoms with van der Waals surface area (Å²) >= 11 is 0. The summed E-state index contributed by atoms with van der Waals surface area (Å²) in [4.78, 5) is 26.5. The third kappa shape index (κ3) is 4.76. The molecular weight excluding hydrogens is 340 g/mol. The molecule has 1 aromatic heterocycles. The first-order valence-electron chi connectivity index (χ1n) is 9.89. The quantitative estimate of drug-likeness (QED) is 0.764. The lowest BCUT2D eigenvalue weighted by Gasteiger charge is -2.20. The molecule has 2 heterocycles. The van der Waals surface area contributed by atoms with Crippen molar-refractivity contribution < 1.29 is 9.59 Å². The maximum Gasteiger partial charge on any atom is 0.254 e. The number of hydrogen-bond acceptors (Lipinski definition) is 3. The van der Waals surface area contributed by atoms with Crippen LogP contribution >= 0.6 is 0 Å². The molecule has 1 fully saturated rings. The normalized spacial score (nSPS) is 14.9. The number of carbonyl (C=O) groups is 2. The van der Waals surface area contributed by atoms with E-state index in [1.165, 1.54) is 0 Å². The molecule has 0 aliphatic carbocycles. The number of benzene rings is 1. The van der Waals surface area contributed by atoms with E-state index in [0.29, 0.717) is 25.1 Å². The Bertz CT molecular complexity index is 770. The van der Waals surface area contributed by atoms with Crippen LogP contribution in [0.3, 0.4) is 0 Å². The second-order valence-electron chi connectivity index (χ2n) is 6.91. The van der Waals surface area contributed by atoms with Gasteiger partial charge in [0.15, 0.2) is 0 Å². The molecule has 27 heavy (non-hydrogen) atoms. The van der Waals surface area contributed by atoms with Crippen LogP contribution in [0.25, 0.3) is 5.69 Å². The van der Waals surface area contributed by atoms with Crippen molar-refractivity contribution in [1.82, 2.24) is 20.0 Å². The number of amides is 2. The molecule has 0 bridgehead atoms. The fourth-order valence-corrected chi connectivity index (χ4v) is 3.54. The van der Waals surface area contributed by atoms with Crippen molar-refractivity contribution in [3.8, 4) is 5.69 Å². The number of hydrogen-bond donors (Lipinski definition) is 1. The standard InChI is InChI=1S/C21H28N4O2/c1-2-19-18(16-23-25(19)17-10-5-3-6-11-17)21(27)22-13-9-15-24-14-8-4-7-12-20(24)26/h3,5-6,10-11,16H,2,4,7-9,12-15H2,1H3,(H,22,27). The van der Waals surface area contributed by atoms with Gasteiger partial charge in [-0.2, -0.15) is 5.10 Å². The second kappa shape index (κ2) is 9.35. The van der Waals surface area contributed by atoms with Crippen LogP contribution in [0.5, 0.6) is 0 Å². The molecule has 0 spiro atoms. The summed E-state index contributed by atoms with van der Waals surface area (Å²) in [5.74, 6) is 0.146. The zero-order valence-electron chi connectivity index (χ0n) is 16.0. The van der Waals surface area contributed by atoms with Gasteiger partial charge in [-0.05, 0) is 37.8 Å². The van der Waals surface area contributed by atoms with Crippen molar-refractivity contribution in [1.29, 1.82) is 0 Å². The van der Waals surface area contributed by atoms with Gasteiger partial charge in [-0.1, -0.05) is 31.5 Å². The lowest BCUT2D eigenvalue weighted by molar-refractivity contribution is -0.130. The fourth-order valence-electron chi connectivity index (χ4n) is 3.54. The zero-order chi connectivity index (χ0) is 19.1. The summed E-state index contributed by atoms with van der Waals surface area (Å²) in [7, 11) is 0. The Balaban J connectivity index is 1.55. The van der Waals surface area contributed by atoms with E-state index in [0.717, 1.165) is 50.0 Å². The lowest BCUT2D eigenvalue weighted by atomic mass is 10.2. The molecule has 1 aromatic carbocycles. The summed E-state index contributed by atoms with van der Waals surface area (Å²) in [5.41, 5.74) is 2.47. The highest BCUT2D eigenvalue weighted by atomic mass is 16.2. The van der Waals surface area contributed by atoms with Gasteiger partial charge >= 0.3 is 0 Å². The Morgan fingerprint density at radius 3 is 2.78 bits per heavy atom. The first-order valence-corrected chi connectivity index (χ1v) is 9.89. The van der Waals surface area contributed by atoms with Gasteiger partial charge in [-0.3, -0.25) is 9.59 Å². The van der Waals surface area contributed by atoms with Crippen molar-refractivity contribution in [3.05, 3.63) is 47.8 Å². The van der Waals surface area contributed by atoms with Crippen LogP contribution in [-0.2, 0) is 11.2 Å². The van der Waals surface area contributed by atoms with Crippen LogP contribution in [0.15, 0.2) is 36.5 Å². The largest absolute Gasteiger partial charge is 0.352 e. The van der Waals surface area contributed by atoms with Gasteiger partial charge in [-0.25, -0.2) is 4.68 Å². The first kappa shape index (κ1) is 19.1. The van der Waals surface area contributed by atoms with Crippen molar-refractivity contribution in [2.45, 2.75) is 45.4 Å². The Kier molecular flexibility index (Phi) is 6.63. The summed E-state index contributed by atoms with van der Waals surface area (Å²) in [6.45, 7) is 4.14. The molecule has 0 saturated carbocycles. The highest BCUT2D eigenvalue weighted by Gasteiger charge is 2.18.